The number of benzene rings is 2. The number of sulfonamides is 1. The van der Waals surface area contributed by atoms with Crippen LogP contribution in [0.5, 0.6) is 0 Å². The van der Waals surface area contributed by atoms with Gasteiger partial charge in [-0.2, -0.15) is 5.26 Å². The highest BCUT2D eigenvalue weighted by atomic mass is 32.2. The van der Waals surface area contributed by atoms with Crippen LogP contribution < -0.4 is 15.4 Å². The Hall–Kier alpha value is -4.78. The number of nitriles is 1. The summed E-state index contributed by atoms with van der Waals surface area (Å²) in [5.41, 5.74) is -1.25. The van der Waals surface area contributed by atoms with E-state index in [4.69, 9.17) is 4.74 Å². The van der Waals surface area contributed by atoms with Crippen molar-refractivity contribution in [2.45, 2.75) is 102 Å². The third-order valence-corrected chi connectivity index (χ3v) is 12.2. The van der Waals surface area contributed by atoms with E-state index in [2.05, 4.69) is 15.4 Å². The van der Waals surface area contributed by atoms with E-state index < -0.39 is 79.9 Å². The quantitative estimate of drug-likeness (QED) is 0.328. The highest BCUT2D eigenvalue weighted by Crippen LogP contribution is 2.47. The van der Waals surface area contributed by atoms with Crippen LogP contribution in [-0.4, -0.2) is 77.6 Å². The number of rotatable bonds is 10. The minimum atomic E-state index is -3.91. The second-order valence-electron chi connectivity index (χ2n) is 15.2. The minimum absolute atomic E-state index is 0.0156. The molecule has 0 bridgehead atoms. The first-order valence-corrected chi connectivity index (χ1v) is 18.9. The fourth-order valence-electron chi connectivity index (χ4n) is 7.08. The van der Waals surface area contributed by atoms with Crippen LogP contribution in [0.15, 0.2) is 36.4 Å². The van der Waals surface area contributed by atoms with E-state index >= 15 is 0 Å². The van der Waals surface area contributed by atoms with Crippen molar-refractivity contribution in [3.05, 3.63) is 64.7 Å². The van der Waals surface area contributed by atoms with Gasteiger partial charge >= 0.3 is 6.09 Å². The monoisotopic (exact) mass is 740 g/mol. The Morgan fingerprint density at radius 1 is 1.10 bits per heavy atom. The summed E-state index contributed by atoms with van der Waals surface area (Å²) in [5.74, 6) is -3.65. The van der Waals surface area contributed by atoms with Crippen molar-refractivity contribution in [1.82, 2.24) is 19.8 Å². The third kappa shape index (κ3) is 7.28. The molecule has 13 nitrogen and oxygen atoms in total. The molecule has 0 radical (unpaired) electrons. The molecule has 16 heteroatoms. The molecule has 278 valence electrons. The van der Waals surface area contributed by atoms with E-state index in [1.165, 1.54) is 28.0 Å². The summed E-state index contributed by atoms with van der Waals surface area (Å²) in [7, 11) is -3.91. The van der Waals surface area contributed by atoms with Gasteiger partial charge in [0.15, 0.2) is 0 Å². The van der Waals surface area contributed by atoms with Crippen LogP contribution in [-0.2, 0) is 42.2 Å². The normalized spacial score (nSPS) is 24.4. The first-order valence-electron chi connectivity index (χ1n) is 17.3. The molecular formula is C36H42F2N6O7S. The topological polar surface area (TPSA) is 178 Å². The number of likely N-dealkylation sites (tertiary alicyclic amines) is 1. The SMILES string of the molecule is CC[C@@H]1CC1(NC(=O)[C@@H]1C[C@@H](OC(=O)N2Cc3cccc(F)c3C2)CN1C(=O)[C@@H](Nc1ccc(F)c(C#N)c1)C(C)(C)C)C(=O)NS(=O)(=O)C1CC1. The van der Waals surface area contributed by atoms with Crippen LogP contribution in [0.3, 0.4) is 0 Å². The second kappa shape index (κ2) is 13.6. The van der Waals surface area contributed by atoms with Crippen molar-refractivity contribution in [2.75, 3.05) is 11.9 Å². The van der Waals surface area contributed by atoms with Gasteiger partial charge < -0.3 is 20.3 Å². The van der Waals surface area contributed by atoms with Crippen LogP contribution in [0.4, 0.5) is 19.3 Å². The molecule has 5 atom stereocenters. The molecule has 2 saturated carbocycles. The fourth-order valence-corrected chi connectivity index (χ4v) is 8.44. The number of carbonyl (C=O) groups excluding carboxylic acids is 4. The predicted molar refractivity (Wildman–Crippen MR) is 183 cm³/mol. The average molecular weight is 741 g/mol. The van der Waals surface area contributed by atoms with Gasteiger partial charge in [-0.25, -0.2) is 22.0 Å². The summed E-state index contributed by atoms with van der Waals surface area (Å²) >= 11 is 0. The smallest absolute Gasteiger partial charge is 0.410 e. The van der Waals surface area contributed by atoms with E-state index in [0.29, 0.717) is 30.4 Å². The lowest BCUT2D eigenvalue weighted by atomic mass is 9.85. The molecular weight excluding hydrogens is 698 g/mol. The molecule has 4 amide bonds. The summed E-state index contributed by atoms with van der Waals surface area (Å²) in [5, 5.41) is 14.6. The molecule has 6 rings (SSSR count). The molecule has 52 heavy (non-hydrogen) atoms. The number of anilines is 1. The van der Waals surface area contributed by atoms with Gasteiger partial charge in [0.1, 0.15) is 41.4 Å². The molecule has 1 unspecified atom stereocenters. The van der Waals surface area contributed by atoms with Gasteiger partial charge in [0.25, 0.3) is 5.91 Å². The van der Waals surface area contributed by atoms with Crippen LogP contribution in [0.25, 0.3) is 0 Å². The van der Waals surface area contributed by atoms with Crippen LogP contribution >= 0.6 is 0 Å². The van der Waals surface area contributed by atoms with Gasteiger partial charge in [0.2, 0.25) is 21.8 Å². The summed E-state index contributed by atoms with van der Waals surface area (Å²) in [6, 6.07) is 7.83. The Labute approximate surface area is 301 Å². The lowest BCUT2D eigenvalue weighted by Crippen LogP contribution is -2.58. The Balaban J connectivity index is 1.25. The van der Waals surface area contributed by atoms with E-state index in [-0.39, 0.29) is 49.6 Å². The minimum Gasteiger partial charge on any atom is -0.444 e. The maximum Gasteiger partial charge on any atom is 0.410 e. The van der Waals surface area contributed by atoms with Gasteiger partial charge in [0, 0.05) is 24.2 Å². The maximum atomic E-state index is 14.5. The number of hydrogen-bond donors (Lipinski definition) is 3. The van der Waals surface area contributed by atoms with Crippen molar-refractivity contribution in [3.8, 4) is 6.07 Å². The molecule has 2 aromatic rings. The second-order valence-corrected chi connectivity index (χ2v) is 17.1. The first-order chi connectivity index (χ1) is 24.5. The summed E-state index contributed by atoms with van der Waals surface area (Å²) in [4.78, 5) is 58.1. The van der Waals surface area contributed by atoms with Crippen molar-refractivity contribution in [3.63, 3.8) is 0 Å². The van der Waals surface area contributed by atoms with Crippen LogP contribution in [0, 0.1) is 34.3 Å². The number of fused-ring (bicyclic) bond motifs is 1. The number of hydrogen-bond acceptors (Lipinski definition) is 9. The summed E-state index contributed by atoms with van der Waals surface area (Å²) in [6.45, 7) is 7.05. The lowest BCUT2D eigenvalue weighted by Gasteiger charge is -2.36. The number of carbonyl (C=O) groups is 4. The van der Waals surface area contributed by atoms with Crippen molar-refractivity contribution in [1.29, 1.82) is 5.26 Å². The average Bonchev–Trinajstić information content (AvgIpc) is 3.97. The maximum absolute atomic E-state index is 14.5. The van der Waals surface area contributed by atoms with Crippen LogP contribution in [0.1, 0.15) is 76.5 Å². The lowest BCUT2D eigenvalue weighted by molar-refractivity contribution is -0.141. The molecule has 4 aliphatic rings. The van der Waals surface area contributed by atoms with E-state index in [0.717, 1.165) is 6.07 Å². The predicted octanol–water partition coefficient (Wildman–Crippen LogP) is 3.68. The number of halogens is 2. The third-order valence-electron chi connectivity index (χ3n) is 10.4. The first kappa shape index (κ1) is 37.0. The highest BCUT2D eigenvalue weighted by Gasteiger charge is 2.62. The molecule has 2 aromatic carbocycles. The van der Waals surface area contributed by atoms with Crippen LogP contribution in [0.2, 0.25) is 0 Å². The Morgan fingerprint density at radius 3 is 2.44 bits per heavy atom. The highest BCUT2D eigenvalue weighted by molar-refractivity contribution is 7.91. The molecule has 2 aliphatic heterocycles. The molecule has 1 saturated heterocycles. The fraction of sp³-hybridized carbons (Fsp3) is 0.528. The number of nitrogens with one attached hydrogen (secondary N) is 3. The summed E-state index contributed by atoms with van der Waals surface area (Å²) in [6.07, 6.45) is -0.320. The Bertz CT molecular complexity index is 1960. The zero-order valence-corrected chi connectivity index (χ0v) is 30.2. The number of amides is 4. The molecule has 3 fully saturated rings. The standard InChI is InChI=1S/C36H42F2N6O7S/c1-5-22-15-36(22,33(47)42-52(49,50)25-10-11-25)41-31(45)29-14-24(51-34(48)43-17-20-7-6-8-28(38)26(20)19-43)18-44(29)32(46)30(35(2,3)4)40-23-9-12-27(37)21(13-23)16-39/h6-9,12-13,22,24-25,29-30,40H,5,10-11,14-15,17-19H2,1-4H3,(H,41,45)(H,42,47)/t22-,24-,29+,30-,36?/m1/s1. The van der Waals surface area contributed by atoms with Crippen molar-refractivity contribution < 1.29 is 41.1 Å². The van der Waals surface area contributed by atoms with Gasteiger partial charge in [-0.3, -0.25) is 24.0 Å². The zero-order valence-electron chi connectivity index (χ0n) is 29.4. The van der Waals surface area contributed by atoms with E-state index in [1.807, 2.05) is 6.92 Å². The number of nitrogens with zero attached hydrogens (tertiary/aromatic N) is 3. The number of ether oxygens (including phenoxy) is 1. The van der Waals surface area contributed by atoms with Crippen molar-refractivity contribution >= 4 is 39.5 Å². The van der Waals surface area contributed by atoms with E-state index in [9.17, 15) is 41.6 Å². The molecule has 0 spiro atoms. The van der Waals surface area contributed by atoms with E-state index in [1.54, 1.807) is 39.0 Å². The zero-order chi connectivity index (χ0) is 37.7. The molecule has 3 N–H and O–H groups in total. The van der Waals surface area contributed by atoms with Crippen molar-refractivity contribution in [2.24, 2.45) is 11.3 Å². The Morgan fingerprint density at radius 2 is 1.83 bits per heavy atom. The van der Waals surface area contributed by atoms with Gasteiger partial charge in [0.05, 0.1) is 23.9 Å². The molecule has 2 heterocycles. The van der Waals surface area contributed by atoms with Gasteiger partial charge in [-0.05, 0) is 60.4 Å². The van der Waals surface area contributed by atoms with Gasteiger partial charge in [-0.15, -0.1) is 0 Å². The molecule has 0 aromatic heterocycles. The summed E-state index contributed by atoms with van der Waals surface area (Å²) < 4.78 is 61.8. The molecule has 2 aliphatic carbocycles. The van der Waals surface area contributed by atoms with Gasteiger partial charge in [-0.1, -0.05) is 46.2 Å². The Kier molecular flexibility index (Phi) is 9.71. The largest absolute Gasteiger partial charge is 0.444 e.